The van der Waals surface area contributed by atoms with Crippen LogP contribution in [0.25, 0.3) is 22.5 Å². The standard InChI is InChI=1S/C22H22N4O4/c27-21-17(15-4-6-16(7-5-15)26-12-13-29-22(26)28)2-1-3-18(21)19-14-20(24-30-19)25-10-8-23-9-11-25/h1-7,14,23,27H,8-13H2. The van der Waals surface area contributed by atoms with Gasteiger partial charge in [0, 0.05) is 43.5 Å². The minimum Gasteiger partial charge on any atom is -0.507 e. The minimum atomic E-state index is -0.335. The van der Waals surface area contributed by atoms with E-state index in [0.29, 0.717) is 30.0 Å². The number of piperazine rings is 1. The first-order chi connectivity index (χ1) is 14.7. The molecule has 2 fully saturated rings. The number of cyclic esters (lactones) is 1. The molecule has 5 rings (SSSR count). The number of nitrogens with one attached hydrogen (secondary N) is 1. The number of amides is 1. The number of hydrogen-bond donors (Lipinski definition) is 2. The molecule has 3 heterocycles. The highest BCUT2D eigenvalue weighted by Gasteiger charge is 2.24. The second kappa shape index (κ2) is 7.72. The lowest BCUT2D eigenvalue weighted by Gasteiger charge is -2.26. The average molecular weight is 406 g/mol. The molecule has 0 unspecified atom stereocenters. The summed E-state index contributed by atoms with van der Waals surface area (Å²) in [5.41, 5.74) is 2.89. The largest absolute Gasteiger partial charge is 0.507 e. The summed E-state index contributed by atoms with van der Waals surface area (Å²) < 4.78 is 10.5. The van der Waals surface area contributed by atoms with Crippen molar-refractivity contribution in [3.8, 4) is 28.2 Å². The molecule has 154 valence electrons. The number of hydrogen-bond acceptors (Lipinski definition) is 7. The van der Waals surface area contributed by atoms with Crippen LogP contribution in [0.2, 0.25) is 0 Å². The lowest BCUT2D eigenvalue weighted by molar-refractivity contribution is 0.181. The van der Waals surface area contributed by atoms with Crippen molar-refractivity contribution in [1.82, 2.24) is 10.5 Å². The third-order valence-corrected chi connectivity index (χ3v) is 5.49. The predicted octanol–water partition coefficient (Wildman–Crippen LogP) is 3.08. The van der Waals surface area contributed by atoms with Gasteiger partial charge in [0.15, 0.2) is 11.6 Å². The van der Waals surface area contributed by atoms with E-state index in [4.69, 9.17) is 9.26 Å². The number of para-hydroxylation sites is 1. The van der Waals surface area contributed by atoms with Crippen LogP contribution in [-0.2, 0) is 4.74 Å². The second-order valence-electron chi connectivity index (χ2n) is 7.30. The highest BCUT2D eigenvalue weighted by molar-refractivity contribution is 5.90. The monoisotopic (exact) mass is 406 g/mol. The molecule has 0 bridgehead atoms. The van der Waals surface area contributed by atoms with Crippen LogP contribution < -0.4 is 15.1 Å². The molecule has 0 radical (unpaired) electrons. The maximum Gasteiger partial charge on any atom is 0.414 e. The Morgan fingerprint density at radius 1 is 1.00 bits per heavy atom. The number of phenolic OH excluding ortho intramolecular Hbond substituents is 1. The fraction of sp³-hybridized carbons (Fsp3) is 0.273. The van der Waals surface area contributed by atoms with Crippen molar-refractivity contribution < 1.29 is 19.2 Å². The van der Waals surface area contributed by atoms with Gasteiger partial charge >= 0.3 is 6.09 Å². The Morgan fingerprint density at radius 3 is 2.50 bits per heavy atom. The number of carbonyl (C=O) groups is 1. The summed E-state index contributed by atoms with van der Waals surface area (Å²) in [4.78, 5) is 15.5. The average Bonchev–Trinajstić information content (AvgIpc) is 3.44. The summed E-state index contributed by atoms with van der Waals surface area (Å²) in [6, 6.07) is 14.9. The summed E-state index contributed by atoms with van der Waals surface area (Å²) >= 11 is 0. The van der Waals surface area contributed by atoms with Crippen LogP contribution in [0, 0.1) is 0 Å². The van der Waals surface area contributed by atoms with Gasteiger partial charge in [-0.1, -0.05) is 29.4 Å². The molecule has 0 spiro atoms. The molecule has 2 aliphatic heterocycles. The van der Waals surface area contributed by atoms with Crippen molar-refractivity contribution in [2.75, 3.05) is 49.1 Å². The number of aromatic nitrogens is 1. The van der Waals surface area contributed by atoms with Gasteiger partial charge in [-0.3, -0.25) is 4.90 Å². The van der Waals surface area contributed by atoms with Gasteiger partial charge in [0.2, 0.25) is 0 Å². The maximum atomic E-state index is 11.7. The van der Waals surface area contributed by atoms with E-state index in [-0.39, 0.29) is 11.8 Å². The first-order valence-electron chi connectivity index (χ1n) is 10.0. The fourth-order valence-corrected chi connectivity index (χ4v) is 3.86. The van der Waals surface area contributed by atoms with Gasteiger partial charge in [-0.05, 0) is 23.8 Å². The highest BCUT2D eigenvalue weighted by atomic mass is 16.6. The van der Waals surface area contributed by atoms with Crippen LogP contribution in [0.15, 0.2) is 53.1 Å². The Kier molecular flexibility index (Phi) is 4.76. The molecule has 3 aromatic rings. The van der Waals surface area contributed by atoms with E-state index in [1.54, 1.807) is 4.90 Å². The van der Waals surface area contributed by atoms with E-state index >= 15 is 0 Å². The topological polar surface area (TPSA) is 91.1 Å². The summed E-state index contributed by atoms with van der Waals surface area (Å²) in [6.45, 7) is 4.50. The fourth-order valence-electron chi connectivity index (χ4n) is 3.86. The molecule has 0 saturated carbocycles. The Hall–Kier alpha value is -3.52. The van der Waals surface area contributed by atoms with E-state index in [1.807, 2.05) is 48.5 Å². The summed E-state index contributed by atoms with van der Waals surface area (Å²) in [5, 5.41) is 18.4. The van der Waals surface area contributed by atoms with Gasteiger partial charge in [-0.2, -0.15) is 0 Å². The van der Waals surface area contributed by atoms with Gasteiger partial charge in [-0.15, -0.1) is 0 Å². The van der Waals surface area contributed by atoms with Crippen molar-refractivity contribution in [2.24, 2.45) is 0 Å². The number of carbonyl (C=O) groups excluding carboxylic acids is 1. The molecule has 2 saturated heterocycles. The van der Waals surface area contributed by atoms with Gasteiger partial charge in [-0.25, -0.2) is 4.79 Å². The molecular formula is C22H22N4O4. The molecule has 8 nitrogen and oxygen atoms in total. The quantitative estimate of drug-likeness (QED) is 0.688. The third kappa shape index (κ3) is 3.35. The molecule has 0 aliphatic carbocycles. The Balaban J connectivity index is 1.42. The van der Waals surface area contributed by atoms with Crippen LogP contribution >= 0.6 is 0 Å². The zero-order valence-corrected chi connectivity index (χ0v) is 16.4. The van der Waals surface area contributed by atoms with E-state index in [2.05, 4.69) is 15.4 Å². The number of ether oxygens (including phenoxy) is 1. The van der Waals surface area contributed by atoms with Crippen molar-refractivity contribution in [3.63, 3.8) is 0 Å². The molecular weight excluding hydrogens is 384 g/mol. The molecule has 30 heavy (non-hydrogen) atoms. The van der Waals surface area contributed by atoms with E-state index in [9.17, 15) is 9.90 Å². The Labute approximate surface area is 173 Å². The van der Waals surface area contributed by atoms with Crippen molar-refractivity contribution >= 4 is 17.6 Å². The highest BCUT2D eigenvalue weighted by Crippen LogP contribution is 2.39. The Morgan fingerprint density at radius 2 is 1.77 bits per heavy atom. The van der Waals surface area contributed by atoms with Crippen LogP contribution in [0.4, 0.5) is 16.3 Å². The second-order valence-corrected chi connectivity index (χ2v) is 7.30. The Bertz CT molecular complexity index is 1060. The number of nitrogens with zero attached hydrogens (tertiary/aromatic N) is 3. The van der Waals surface area contributed by atoms with Gasteiger partial charge < -0.3 is 24.6 Å². The van der Waals surface area contributed by atoms with E-state index in [1.165, 1.54) is 0 Å². The smallest absolute Gasteiger partial charge is 0.414 e. The zero-order chi connectivity index (χ0) is 20.5. The number of rotatable bonds is 4. The lowest BCUT2D eigenvalue weighted by atomic mass is 10.00. The summed E-state index contributed by atoms with van der Waals surface area (Å²) in [6.07, 6.45) is -0.335. The van der Waals surface area contributed by atoms with Gasteiger partial charge in [0.1, 0.15) is 12.4 Å². The number of phenols is 1. The molecule has 2 aromatic carbocycles. The molecule has 2 aliphatic rings. The minimum absolute atomic E-state index is 0.133. The normalized spacial score (nSPS) is 16.7. The zero-order valence-electron chi connectivity index (χ0n) is 16.4. The first-order valence-corrected chi connectivity index (χ1v) is 10.0. The molecule has 0 atom stereocenters. The predicted molar refractivity (Wildman–Crippen MR) is 113 cm³/mol. The third-order valence-electron chi connectivity index (χ3n) is 5.49. The maximum absolute atomic E-state index is 11.7. The lowest BCUT2D eigenvalue weighted by Crippen LogP contribution is -2.43. The van der Waals surface area contributed by atoms with Crippen LogP contribution in [0.3, 0.4) is 0 Å². The van der Waals surface area contributed by atoms with E-state index in [0.717, 1.165) is 43.2 Å². The number of benzene rings is 2. The first kappa shape index (κ1) is 18.5. The molecule has 1 amide bonds. The van der Waals surface area contributed by atoms with Crippen molar-refractivity contribution in [3.05, 3.63) is 48.5 Å². The number of aromatic hydroxyl groups is 1. The van der Waals surface area contributed by atoms with E-state index < -0.39 is 0 Å². The van der Waals surface area contributed by atoms with Crippen LogP contribution in [0.5, 0.6) is 5.75 Å². The SMILES string of the molecule is O=C1OCCN1c1ccc(-c2cccc(-c3cc(N4CCNCC4)no3)c2O)cc1. The van der Waals surface area contributed by atoms with Gasteiger partial charge in [0.25, 0.3) is 0 Å². The molecule has 8 heteroatoms. The molecule has 2 N–H and O–H groups in total. The van der Waals surface area contributed by atoms with Crippen molar-refractivity contribution in [1.29, 1.82) is 0 Å². The van der Waals surface area contributed by atoms with Gasteiger partial charge in [0.05, 0.1) is 12.1 Å². The summed E-state index contributed by atoms with van der Waals surface area (Å²) in [7, 11) is 0. The van der Waals surface area contributed by atoms with Crippen molar-refractivity contribution in [2.45, 2.75) is 0 Å². The van der Waals surface area contributed by atoms with Crippen LogP contribution in [-0.4, -0.2) is 55.7 Å². The van der Waals surface area contributed by atoms with Crippen LogP contribution in [0.1, 0.15) is 0 Å². The molecule has 1 aromatic heterocycles. The summed E-state index contributed by atoms with van der Waals surface area (Å²) in [5.74, 6) is 1.44. The number of anilines is 2.